The number of carboxylic acid groups (broad SMARTS) is 1. The van der Waals surface area contributed by atoms with Gasteiger partial charge in [-0.2, -0.15) is 0 Å². The van der Waals surface area contributed by atoms with Crippen molar-refractivity contribution in [2.45, 2.75) is 32.4 Å². The normalized spacial score (nSPS) is 21.4. The van der Waals surface area contributed by atoms with Gasteiger partial charge in [0.1, 0.15) is 0 Å². The van der Waals surface area contributed by atoms with Crippen LogP contribution in [0, 0.1) is 0 Å². The third kappa shape index (κ3) is 3.41. The van der Waals surface area contributed by atoms with Crippen molar-refractivity contribution >= 4 is 23.4 Å². The summed E-state index contributed by atoms with van der Waals surface area (Å²) < 4.78 is 0. The molecule has 0 radical (unpaired) electrons. The Bertz CT molecular complexity index is 425. The van der Waals surface area contributed by atoms with Crippen LogP contribution in [0.4, 0.5) is 0 Å². The summed E-state index contributed by atoms with van der Waals surface area (Å²) in [5, 5.41) is 10.6. The lowest BCUT2D eigenvalue weighted by molar-refractivity contribution is -0.131. The van der Waals surface area contributed by atoms with E-state index in [1.807, 2.05) is 5.38 Å². The predicted octanol–water partition coefficient (Wildman–Crippen LogP) is 2.83. The van der Waals surface area contributed by atoms with Crippen LogP contribution in [0.5, 0.6) is 0 Å². The van der Waals surface area contributed by atoms with E-state index in [0.29, 0.717) is 6.04 Å². The van der Waals surface area contributed by atoms with Gasteiger partial charge in [-0.1, -0.05) is 0 Å². The van der Waals surface area contributed by atoms with Crippen LogP contribution in [0.3, 0.4) is 0 Å². The molecule has 0 bridgehead atoms. The maximum absolute atomic E-state index is 10.4. The Balaban J connectivity index is 1.96. The van der Waals surface area contributed by atoms with Crippen molar-refractivity contribution < 1.29 is 9.90 Å². The van der Waals surface area contributed by atoms with Gasteiger partial charge in [-0.15, -0.1) is 11.3 Å². The number of likely N-dealkylation sites (tertiary alicyclic amines) is 1. The quantitative estimate of drug-likeness (QED) is 0.837. The van der Waals surface area contributed by atoms with E-state index in [-0.39, 0.29) is 0 Å². The van der Waals surface area contributed by atoms with E-state index in [1.165, 1.54) is 30.3 Å². The maximum atomic E-state index is 10.4. The van der Waals surface area contributed by atoms with Crippen molar-refractivity contribution in [3.63, 3.8) is 0 Å². The van der Waals surface area contributed by atoms with Gasteiger partial charge < -0.3 is 5.11 Å². The zero-order valence-electron chi connectivity index (χ0n) is 9.93. The fraction of sp³-hybridized carbons (Fsp3) is 0.462. The summed E-state index contributed by atoms with van der Waals surface area (Å²) in [5.74, 6) is -0.897. The Morgan fingerprint density at radius 1 is 1.71 bits per heavy atom. The third-order valence-electron chi connectivity index (χ3n) is 3.14. The highest BCUT2D eigenvalue weighted by atomic mass is 32.1. The third-order valence-corrected chi connectivity index (χ3v) is 4.08. The largest absolute Gasteiger partial charge is 0.478 e. The van der Waals surface area contributed by atoms with Crippen molar-refractivity contribution in [1.82, 2.24) is 4.90 Å². The minimum atomic E-state index is -0.897. The zero-order chi connectivity index (χ0) is 12.3. The van der Waals surface area contributed by atoms with E-state index < -0.39 is 5.97 Å². The second kappa shape index (κ2) is 5.47. The van der Waals surface area contributed by atoms with E-state index in [1.54, 1.807) is 17.4 Å². The first-order chi connectivity index (χ1) is 8.15. The first kappa shape index (κ1) is 12.3. The summed E-state index contributed by atoms with van der Waals surface area (Å²) in [6.45, 7) is 4.44. The molecule has 1 atom stereocenters. The molecule has 1 aliphatic heterocycles. The van der Waals surface area contributed by atoms with E-state index in [2.05, 4.69) is 17.9 Å². The van der Waals surface area contributed by atoms with Gasteiger partial charge in [0.2, 0.25) is 0 Å². The van der Waals surface area contributed by atoms with Gasteiger partial charge in [-0.25, -0.2) is 4.79 Å². The van der Waals surface area contributed by atoms with Crippen molar-refractivity contribution in [3.05, 3.63) is 28.0 Å². The Hall–Kier alpha value is -1.13. The molecule has 0 aromatic carbocycles. The van der Waals surface area contributed by atoms with Gasteiger partial charge in [0, 0.05) is 23.5 Å². The molecule has 17 heavy (non-hydrogen) atoms. The molecular formula is C13H17NO2S. The van der Waals surface area contributed by atoms with Crippen LogP contribution in [0.2, 0.25) is 0 Å². The van der Waals surface area contributed by atoms with Gasteiger partial charge in [0.05, 0.1) is 0 Å². The van der Waals surface area contributed by atoms with E-state index in [0.717, 1.165) is 12.1 Å². The first-order valence-corrected chi connectivity index (χ1v) is 6.75. The molecule has 1 aliphatic rings. The molecule has 1 N–H and O–H groups in total. The Labute approximate surface area is 105 Å². The minimum Gasteiger partial charge on any atom is -0.478 e. The molecular weight excluding hydrogens is 234 g/mol. The lowest BCUT2D eigenvalue weighted by Crippen LogP contribution is -2.25. The Morgan fingerprint density at radius 2 is 2.53 bits per heavy atom. The van der Waals surface area contributed by atoms with Gasteiger partial charge in [0.25, 0.3) is 0 Å². The number of carboxylic acids is 1. The molecule has 0 amide bonds. The second-order valence-corrected chi connectivity index (χ2v) is 5.48. The summed E-state index contributed by atoms with van der Waals surface area (Å²) in [5.41, 5.74) is 0.985. The van der Waals surface area contributed by atoms with Crippen LogP contribution in [-0.2, 0) is 11.3 Å². The summed E-state index contributed by atoms with van der Waals surface area (Å²) in [7, 11) is 0. The molecule has 2 rings (SSSR count). The minimum absolute atomic E-state index is 0.676. The topological polar surface area (TPSA) is 40.5 Å². The average molecular weight is 251 g/mol. The fourth-order valence-corrected chi connectivity index (χ4v) is 3.04. The number of nitrogens with zero attached hydrogens (tertiary/aromatic N) is 1. The number of hydrogen-bond acceptors (Lipinski definition) is 3. The molecule has 4 heteroatoms. The Morgan fingerprint density at radius 3 is 3.18 bits per heavy atom. The molecule has 1 aromatic rings. The molecule has 2 heterocycles. The highest BCUT2D eigenvalue weighted by molar-refractivity contribution is 7.10. The van der Waals surface area contributed by atoms with Crippen LogP contribution in [0.25, 0.3) is 6.08 Å². The maximum Gasteiger partial charge on any atom is 0.328 e. The molecule has 1 unspecified atom stereocenters. The molecule has 3 nitrogen and oxygen atoms in total. The molecule has 1 aromatic heterocycles. The molecule has 0 spiro atoms. The van der Waals surface area contributed by atoms with Crippen LogP contribution in [0.1, 0.15) is 30.2 Å². The van der Waals surface area contributed by atoms with E-state index >= 15 is 0 Å². The molecule has 1 fully saturated rings. The van der Waals surface area contributed by atoms with E-state index in [4.69, 9.17) is 5.11 Å². The van der Waals surface area contributed by atoms with E-state index in [9.17, 15) is 4.79 Å². The van der Waals surface area contributed by atoms with Crippen LogP contribution < -0.4 is 0 Å². The number of rotatable bonds is 4. The van der Waals surface area contributed by atoms with Gasteiger partial charge in [-0.3, -0.25) is 4.90 Å². The van der Waals surface area contributed by atoms with Crippen molar-refractivity contribution in [3.8, 4) is 0 Å². The smallest absolute Gasteiger partial charge is 0.328 e. The SMILES string of the molecule is CC1CCCN1Cc1cc(C=CC(=O)O)cs1. The van der Waals surface area contributed by atoms with Gasteiger partial charge >= 0.3 is 5.97 Å². The number of aliphatic carboxylic acids is 1. The highest BCUT2D eigenvalue weighted by Crippen LogP contribution is 2.23. The molecule has 92 valence electrons. The molecule has 1 saturated heterocycles. The van der Waals surface area contributed by atoms with Crippen LogP contribution in [0.15, 0.2) is 17.5 Å². The average Bonchev–Trinajstić information content (AvgIpc) is 2.87. The summed E-state index contributed by atoms with van der Waals surface area (Å²) >= 11 is 1.70. The first-order valence-electron chi connectivity index (χ1n) is 5.87. The lowest BCUT2D eigenvalue weighted by atomic mass is 10.2. The van der Waals surface area contributed by atoms with Crippen LogP contribution in [-0.4, -0.2) is 28.6 Å². The standard InChI is InChI=1S/C13H17NO2S/c1-10-3-2-6-14(10)8-12-7-11(9-17-12)4-5-13(15)16/h4-5,7,9-10H,2-3,6,8H2,1H3,(H,15,16). The lowest BCUT2D eigenvalue weighted by Gasteiger charge is -2.19. The molecule has 0 saturated carbocycles. The van der Waals surface area contributed by atoms with Crippen LogP contribution >= 0.6 is 11.3 Å². The van der Waals surface area contributed by atoms with Crippen molar-refractivity contribution in [1.29, 1.82) is 0 Å². The molecule has 0 aliphatic carbocycles. The van der Waals surface area contributed by atoms with Crippen molar-refractivity contribution in [2.75, 3.05) is 6.54 Å². The Kier molecular flexibility index (Phi) is 3.97. The monoisotopic (exact) mass is 251 g/mol. The number of carbonyl (C=O) groups is 1. The number of thiophene rings is 1. The summed E-state index contributed by atoms with van der Waals surface area (Å²) in [4.78, 5) is 14.2. The second-order valence-electron chi connectivity index (χ2n) is 4.48. The van der Waals surface area contributed by atoms with Gasteiger partial charge in [0.15, 0.2) is 0 Å². The van der Waals surface area contributed by atoms with Crippen molar-refractivity contribution in [2.24, 2.45) is 0 Å². The summed E-state index contributed by atoms with van der Waals surface area (Å²) in [6, 6.07) is 2.75. The fourth-order valence-electron chi connectivity index (χ4n) is 2.16. The zero-order valence-corrected chi connectivity index (χ0v) is 10.7. The van der Waals surface area contributed by atoms with Gasteiger partial charge in [-0.05, 0) is 49.4 Å². The highest BCUT2D eigenvalue weighted by Gasteiger charge is 2.20. The summed E-state index contributed by atoms with van der Waals surface area (Å²) in [6.07, 6.45) is 5.41. The number of hydrogen-bond donors (Lipinski definition) is 1. The predicted molar refractivity (Wildman–Crippen MR) is 70.1 cm³/mol.